The van der Waals surface area contributed by atoms with Crippen LogP contribution in [0.1, 0.15) is 25.5 Å². The number of thioether (sulfide) groups is 1. The molecule has 2 rings (SSSR count). The second kappa shape index (κ2) is 6.30. The van der Waals surface area contributed by atoms with E-state index >= 15 is 0 Å². The van der Waals surface area contributed by atoms with E-state index in [2.05, 4.69) is 11.6 Å². The fourth-order valence-corrected chi connectivity index (χ4v) is 4.80. The second-order valence-corrected chi connectivity index (χ2v) is 7.61. The van der Waals surface area contributed by atoms with Gasteiger partial charge < -0.3 is 10.3 Å². The maximum Gasteiger partial charge on any atom is 0.242 e. The molecular weight excluding hydrogens is 282 g/mol. The van der Waals surface area contributed by atoms with E-state index in [0.29, 0.717) is 11.4 Å². The van der Waals surface area contributed by atoms with Crippen LogP contribution in [-0.2, 0) is 23.1 Å². The number of hydrogen-bond donors (Lipinski definition) is 2. The summed E-state index contributed by atoms with van der Waals surface area (Å²) in [6.45, 7) is 3.21. The van der Waals surface area contributed by atoms with Crippen LogP contribution < -0.4 is 10.5 Å². The van der Waals surface area contributed by atoms with Crippen LogP contribution in [0.3, 0.4) is 0 Å². The first-order chi connectivity index (χ1) is 9.06. The molecule has 1 fully saturated rings. The Morgan fingerprint density at radius 3 is 2.95 bits per heavy atom. The Labute approximate surface area is 119 Å². The van der Waals surface area contributed by atoms with Gasteiger partial charge in [-0.05, 0) is 24.7 Å². The fourth-order valence-electron chi connectivity index (χ4n) is 2.21. The molecule has 19 heavy (non-hydrogen) atoms. The number of nitrogens with one attached hydrogen (secondary N) is 1. The van der Waals surface area contributed by atoms with Crippen molar-refractivity contribution in [3.8, 4) is 0 Å². The van der Waals surface area contributed by atoms with Crippen molar-refractivity contribution in [2.45, 2.75) is 43.8 Å². The van der Waals surface area contributed by atoms with Gasteiger partial charge in [0.2, 0.25) is 10.0 Å². The maximum absolute atomic E-state index is 12.3. The van der Waals surface area contributed by atoms with Crippen molar-refractivity contribution < 1.29 is 8.42 Å². The number of hydrogen-bond acceptors (Lipinski definition) is 4. The Bertz CT molecular complexity index is 519. The van der Waals surface area contributed by atoms with E-state index in [1.807, 2.05) is 4.57 Å². The van der Waals surface area contributed by atoms with E-state index in [1.54, 1.807) is 24.0 Å². The van der Waals surface area contributed by atoms with Crippen LogP contribution in [0.15, 0.2) is 17.2 Å². The van der Waals surface area contributed by atoms with Gasteiger partial charge in [0, 0.05) is 36.8 Å². The quantitative estimate of drug-likeness (QED) is 0.826. The summed E-state index contributed by atoms with van der Waals surface area (Å²) in [7, 11) is -3.41. The average Bonchev–Trinajstić information content (AvgIpc) is 2.98. The summed E-state index contributed by atoms with van der Waals surface area (Å²) in [4.78, 5) is 0.332. The molecule has 1 aliphatic rings. The van der Waals surface area contributed by atoms with E-state index in [9.17, 15) is 8.42 Å². The summed E-state index contributed by atoms with van der Waals surface area (Å²) in [6, 6.07) is 1.74. The van der Waals surface area contributed by atoms with Gasteiger partial charge in [-0.1, -0.05) is 6.92 Å². The summed E-state index contributed by atoms with van der Waals surface area (Å²) in [6.07, 6.45) is 3.55. The van der Waals surface area contributed by atoms with E-state index in [4.69, 9.17) is 5.73 Å². The molecule has 7 heteroatoms. The van der Waals surface area contributed by atoms with Gasteiger partial charge >= 0.3 is 0 Å². The predicted molar refractivity (Wildman–Crippen MR) is 78.7 cm³/mol. The number of rotatable bonds is 6. The van der Waals surface area contributed by atoms with Gasteiger partial charge in [0.1, 0.15) is 0 Å². The van der Waals surface area contributed by atoms with Crippen LogP contribution in [-0.4, -0.2) is 30.5 Å². The highest BCUT2D eigenvalue weighted by Gasteiger charge is 2.24. The highest BCUT2D eigenvalue weighted by Crippen LogP contribution is 2.21. The number of aryl methyl sites for hydroxylation is 1. The third-order valence-electron chi connectivity index (χ3n) is 3.20. The monoisotopic (exact) mass is 303 g/mol. The van der Waals surface area contributed by atoms with Crippen LogP contribution in [0.2, 0.25) is 0 Å². The van der Waals surface area contributed by atoms with Gasteiger partial charge in [0.15, 0.2) is 0 Å². The van der Waals surface area contributed by atoms with Gasteiger partial charge in [-0.15, -0.1) is 0 Å². The topological polar surface area (TPSA) is 77.1 Å². The van der Waals surface area contributed by atoms with Crippen LogP contribution >= 0.6 is 11.8 Å². The van der Waals surface area contributed by atoms with Gasteiger partial charge in [-0.2, -0.15) is 11.8 Å². The van der Waals surface area contributed by atoms with Crippen molar-refractivity contribution in [1.29, 1.82) is 0 Å². The lowest BCUT2D eigenvalue weighted by molar-refractivity contribution is 0.562. The average molecular weight is 303 g/mol. The molecule has 0 aromatic carbocycles. The van der Waals surface area contributed by atoms with Gasteiger partial charge in [0.25, 0.3) is 0 Å². The summed E-state index contributed by atoms with van der Waals surface area (Å²) >= 11 is 1.79. The van der Waals surface area contributed by atoms with Crippen LogP contribution in [0, 0.1) is 0 Å². The van der Waals surface area contributed by atoms with Gasteiger partial charge in [-0.25, -0.2) is 13.1 Å². The number of nitrogens with two attached hydrogens (primary N) is 1. The minimum absolute atomic E-state index is 0.0610. The Kier molecular flexibility index (Phi) is 4.94. The van der Waals surface area contributed by atoms with Crippen LogP contribution in [0.25, 0.3) is 0 Å². The molecule has 0 saturated carbocycles. The summed E-state index contributed by atoms with van der Waals surface area (Å²) in [5.41, 5.74) is 6.53. The maximum atomic E-state index is 12.3. The number of nitrogens with zero attached hydrogens (tertiary/aromatic N) is 1. The molecule has 1 saturated heterocycles. The van der Waals surface area contributed by atoms with Crippen molar-refractivity contribution >= 4 is 21.8 Å². The Morgan fingerprint density at radius 2 is 2.37 bits per heavy atom. The third kappa shape index (κ3) is 3.53. The highest BCUT2D eigenvalue weighted by atomic mass is 32.2. The zero-order valence-electron chi connectivity index (χ0n) is 11.1. The molecule has 2 heterocycles. The molecule has 108 valence electrons. The number of sulfonamides is 1. The fraction of sp³-hybridized carbons (Fsp3) is 0.667. The lowest BCUT2D eigenvalue weighted by atomic mass is 10.3. The summed E-state index contributed by atoms with van der Waals surface area (Å²) in [5.74, 6) is 1.89. The molecule has 0 spiro atoms. The Balaban J connectivity index is 2.19. The zero-order valence-corrected chi connectivity index (χ0v) is 12.8. The molecule has 1 atom stereocenters. The van der Waals surface area contributed by atoms with Crippen molar-refractivity contribution in [1.82, 2.24) is 9.29 Å². The largest absolute Gasteiger partial charge is 0.349 e. The predicted octanol–water partition coefficient (Wildman–Crippen LogP) is 1.14. The van der Waals surface area contributed by atoms with Crippen molar-refractivity contribution in [3.05, 3.63) is 18.0 Å². The highest BCUT2D eigenvalue weighted by molar-refractivity contribution is 7.99. The SMILES string of the molecule is CCCn1cc(S(=O)(=O)NC2CCSC2)cc1CN. The molecule has 5 nitrogen and oxygen atoms in total. The minimum Gasteiger partial charge on any atom is -0.349 e. The molecule has 1 aromatic heterocycles. The zero-order chi connectivity index (χ0) is 13.9. The Morgan fingerprint density at radius 1 is 1.58 bits per heavy atom. The van der Waals surface area contributed by atoms with Crippen molar-refractivity contribution in [3.63, 3.8) is 0 Å². The Hall–Kier alpha value is -0.500. The smallest absolute Gasteiger partial charge is 0.242 e. The van der Waals surface area contributed by atoms with E-state index in [-0.39, 0.29) is 6.04 Å². The molecule has 1 aromatic rings. The minimum atomic E-state index is -3.41. The molecule has 0 aliphatic carbocycles. The molecule has 1 unspecified atom stereocenters. The molecule has 3 N–H and O–H groups in total. The first-order valence-corrected chi connectivity index (χ1v) is 9.19. The van der Waals surface area contributed by atoms with E-state index in [0.717, 1.165) is 36.6 Å². The molecule has 1 aliphatic heterocycles. The van der Waals surface area contributed by atoms with Gasteiger partial charge in [0.05, 0.1) is 4.90 Å². The first-order valence-electron chi connectivity index (χ1n) is 6.56. The van der Waals surface area contributed by atoms with Crippen LogP contribution in [0.4, 0.5) is 0 Å². The summed E-state index contributed by atoms with van der Waals surface area (Å²) in [5, 5.41) is 0. The lowest BCUT2D eigenvalue weighted by Crippen LogP contribution is -2.34. The molecular formula is C12H21N3O2S2. The van der Waals surface area contributed by atoms with E-state index < -0.39 is 10.0 Å². The van der Waals surface area contributed by atoms with Crippen molar-refractivity contribution in [2.75, 3.05) is 11.5 Å². The normalized spacial score (nSPS) is 20.0. The standard InChI is InChI=1S/C12H21N3O2S2/c1-2-4-15-8-12(6-11(15)7-13)19(16,17)14-10-3-5-18-9-10/h6,8,10,14H,2-5,7,9,13H2,1H3. The van der Waals surface area contributed by atoms with Gasteiger partial charge in [-0.3, -0.25) is 0 Å². The van der Waals surface area contributed by atoms with E-state index in [1.165, 1.54) is 0 Å². The van der Waals surface area contributed by atoms with Crippen LogP contribution in [0.5, 0.6) is 0 Å². The first kappa shape index (κ1) is 14.9. The third-order valence-corrected chi connectivity index (χ3v) is 5.85. The molecule has 0 radical (unpaired) electrons. The molecule has 0 bridgehead atoms. The number of aromatic nitrogens is 1. The van der Waals surface area contributed by atoms with Crippen molar-refractivity contribution in [2.24, 2.45) is 5.73 Å². The summed E-state index contributed by atoms with van der Waals surface area (Å²) < 4.78 is 29.3. The lowest BCUT2D eigenvalue weighted by Gasteiger charge is -2.10. The molecule has 0 amide bonds. The second-order valence-electron chi connectivity index (χ2n) is 4.75.